The first-order chi connectivity index (χ1) is 8.08. The van der Waals surface area contributed by atoms with Crippen molar-refractivity contribution in [2.24, 2.45) is 5.73 Å². The molecule has 0 amide bonds. The summed E-state index contributed by atoms with van der Waals surface area (Å²) < 4.78 is 0. The van der Waals surface area contributed by atoms with Crippen molar-refractivity contribution < 1.29 is 0 Å². The number of nitrogens with zero attached hydrogens (tertiary/aromatic N) is 1. The van der Waals surface area contributed by atoms with E-state index in [0.717, 1.165) is 31.0 Å². The minimum Gasteiger partial charge on any atom is -0.388 e. The molecule has 4 heteroatoms. The number of rotatable bonds is 7. The Hall–Kier alpha value is -1.06. The van der Waals surface area contributed by atoms with E-state index in [1.165, 1.54) is 5.56 Å². The maximum absolute atomic E-state index is 7.13. The number of nitrogens with one attached hydrogen (secondary N) is 1. The summed E-state index contributed by atoms with van der Waals surface area (Å²) in [5.41, 5.74) is 6.53. The number of nitrogens with two attached hydrogens (primary N) is 1. The number of unbranched alkanes of at least 4 members (excludes halogenated alkanes) is 1. The number of benzene rings is 1. The highest BCUT2D eigenvalue weighted by Gasteiger charge is 2.01. The van der Waals surface area contributed by atoms with Gasteiger partial charge in [0.2, 0.25) is 0 Å². The molecule has 0 fully saturated rings. The molecule has 3 N–H and O–H groups in total. The molecule has 0 aliphatic heterocycles. The van der Waals surface area contributed by atoms with E-state index < -0.39 is 0 Å². The Morgan fingerprint density at radius 3 is 2.82 bits per heavy atom. The summed E-state index contributed by atoms with van der Waals surface area (Å²) >= 11 is 5.93. The average molecular weight is 254 g/mol. The van der Waals surface area contributed by atoms with E-state index in [4.69, 9.17) is 22.7 Å². The van der Waals surface area contributed by atoms with Gasteiger partial charge in [-0.3, -0.25) is 5.41 Å². The SMILES string of the molecule is CN(CCCCC(=N)N)Cc1cccc(Cl)c1. The van der Waals surface area contributed by atoms with Gasteiger partial charge < -0.3 is 10.6 Å². The van der Waals surface area contributed by atoms with Crippen LogP contribution in [0.25, 0.3) is 0 Å². The summed E-state index contributed by atoms with van der Waals surface area (Å²) in [4.78, 5) is 2.26. The normalized spacial score (nSPS) is 10.8. The maximum atomic E-state index is 7.13. The van der Waals surface area contributed by atoms with Gasteiger partial charge in [-0.15, -0.1) is 0 Å². The van der Waals surface area contributed by atoms with Gasteiger partial charge in [0, 0.05) is 18.0 Å². The van der Waals surface area contributed by atoms with E-state index in [1.54, 1.807) is 0 Å². The Labute approximate surface area is 108 Å². The van der Waals surface area contributed by atoms with Crippen molar-refractivity contribution in [2.45, 2.75) is 25.8 Å². The lowest BCUT2D eigenvalue weighted by atomic mass is 10.2. The summed E-state index contributed by atoms with van der Waals surface area (Å²) in [6, 6.07) is 7.94. The summed E-state index contributed by atoms with van der Waals surface area (Å²) in [6.45, 7) is 1.92. The van der Waals surface area contributed by atoms with Gasteiger partial charge >= 0.3 is 0 Å². The zero-order valence-corrected chi connectivity index (χ0v) is 11.0. The van der Waals surface area contributed by atoms with Crippen LogP contribution < -0.4 is 5.73 Å². The number of halogens is 1. The van der Waals surface area contributed by atoms with Crippen LogP contribution in [0.3, 0.4) is 0 Å². The third kappa shape index (κ3) is 6.29. The molecule has 17 heavy (non-hydrogen) atoms. The van der Waals surface area contributed by atoms with Crippen LogP contribution in [-0.2, 0) is 6.54 Å². The highest BCUT2D eigenvalue weighted by atomic mass is 35.5. The molecule has 94 valence electrons. The molecule has 0 heterocycles. The van der Waals surface area contributed by atoms with Gasteiger partial charge in [-0.2, -0.15) is 0 Å². The van der Waals surface area contributed by atoms with Crippen LogP contribution in [0.5, 0.6) is 0 Å². The Balaban J connectivity index is 2.25. The lowest BCUT2D eigenvalue weighted by Crippen LogP contribution is -2.19. The third-order valence-corrected chi connectivity index (χ3v) is 2.81. The largest absolute Gasteiger partial charge is 0.388 e. The summed E-state index contributed by atoms with van der Waals surface area (Å²) in [7, 11) is 2.09. The molecule has 3 nitrogen and oxygen atoms in total. The van der Waals surface area contributed by atoms with Crippen LogP contribution in [0.2, 0.25) is 5.02 Å². The van der Waals surface area contributed by atoms with Crippen LogP contribution in [0.4, 0.5) is 0 Å². The quantitative estimate of drug-likeness (QED) is 0.446. The molecule has 0 saturated heterocycles. The first-order valence-electron chi connectivity index (χ1n) is 5.84. The molecule has 0 atom stereocenters. The summed E-state index contributed by atoms with van der Waals surface area (Å²) in [5.74, 6) is 0.280. The van der Waals surface area contributed by atoms with Gasteiger partial charge in [-0.05, 0) is 44.1 Å². The first-order valence-corrected chi connectivity index (χ1v) is 6.21. The van der Waals surface area contributed by atoms with Crippen LogP contribution >= 0.6 is 11.6 Å². The van der Waals surface area contributed by atoms with Gasteiger partial charge in [-0.1, -0.05) is 23.7 Å². The van der Waals surface area contributed by atoms with Crippen LogP contribution in [0, 0.1) is 5.41 Å². The highest BCUT2D eigenvalue weighted by Crippen LogP contribution is 2.12. The topological polar surface area (TPSA) is 53.1 Å². The molecule has 0 aliphatic rings. The molecule has 1 aromatic carbocycles. The Kier molecular flexibility index (Phi) is 6.01. The van der Waals surface area contributed by atoms with Crippen molar-refractivity contribution in [2.75, 3.05) is 13.6 Å². The van der Waals surface area contributed by atoms with Crippen molar-refractivity contribution in [3.8, 4) is 0 Å². The summed E-state index contributed by atoms with van der Waals surface area (Å²) in [5, 5.41) is 7.92. The van der Waals surface area contributed by atoms with Gasteiger partial charge in [0.1, 0.15) is 0 Å². The van der Waals surface area contributed by atoms with Gasteiger partial charge in [0.05, 0.1) is 5.84 Å². The minimum atomic E-state index is 0.280. The van der Waals surface area contributed by atoms with Gasteiger partial charge in [-0.25, -0.2) is 0 Å². The Morgan fingerprint density at radius 1 is 1.41 bits per heavy atom. The van der Waals surface area contributed by atoms with E-state index in [9.17, 15) is 0 Å². The van der Waals surface area contributed by atoms with Crippen molar-refractivity contribution in [3.63, 3.8) is 0 Å². The second kappa shape index (κ2) is 7.30. The lowest BCUT2D eigenvalue weighted by molar-refractivity contribution is 0.319. The maximum Gasteiger partial charge on any atom is 0.0905 e. The molecule has 1 rings (SSSR count). The van der Waals surface area contributed by atoms with Crippen molar-refractivity contribution >= 4 is 17.4 Å². The molecule has 1 aromatic rings. The van der Waals surface area contributed by atoms with Crippen molar-refractivity contribution in [1.29, 1.82) is 5.41 Å². The predicted octanol–water partition coefficient (Wildman–Crippen LogP) is 2.88. The zero-order chi connectivity index (χ0) is 12.7. The summed E-state index contributed by atoms with van der Waals surface area (Å²) in [6.07, 6.45) is 2.75. The monoisotopic (exact) mass is 253 g/mol. The average Bonchev–Trinajstić information content (AvgIpc) is 2.24. The Morgan fingerprint density at radius 2 is 2.18 bits per heavy atom. The first kappa shape index (κ1) is 14.0. The molecule has 0 aromatic heterocycles. The molecule has 0 spiro atoms. The predicted molar refractivity (Wildman–Crippen MR) is 73.6 cm³/mol. The van der Waals surface area contributed by atoms with E-state index in [-0.39, 0.29) is 5.84 Å². The van der Waals surface area contributed by atoms with Crippen LogP contribution in [-0.4, -0.2) is 24.3 Å². The fourth-order valence-corrected chi connectivity index (χ4v) is 1.94. The third-order valence-electron chi connectivity index (χ3n) is 2.58. The zero-order valence-electron chi connectivity index (χ0n) is 10.2. The molecule has 0 saturated carbocycles. The van der Waals surface area contributed by atoms with Crippen LogP contribution in [0.1, 0.15) is 24.8 Å². The highest BCUT2D eigenvalue weighted by molar-refractivity contribution is 6.30. The smallest absolute Gasteiger partial charge is 0.0905 e. The Bertz CT molecular complexity index is 365. The van der Waals surface area contributed by atoms with Gasteiger partial charge in [0.25, 0.3) is 0 Å². The second-order valence-corrected chi connectivity index (χ2v) is 4.79. The second-order valence-electron chi connectivity index (χ2n) is 4.35. The van der Waals surface area contributed by atoms with E-state index in [2.05, 4.69) is 18.0 Å². The standard InChI is InChI=1S/C13H20ClN3/c1-17(8-3-2-7-13(15)16)10-11-5-4-6-12(14)9-11/h4-6,9H,2-3,7-8,10H2,1H3,(H3,15,16). The van der Waals surface area contributed by atoms with E-state index in [1.807, 2.05) is 18.2 Å². The molecule has 0 aliphatic carbocycles. The molecular weight excluding hydrogens is 234 g/mol. The fourth-order valence-electron chi connectivity index (χ4n) is 1.72. The lowest BCUT2D eigenvalue weighted by Gasteiger charge is -2.16. The molecule has 0 bridgehead atoms. The van der Waals surface area contributed by atoms with Crippen molar-refractivity contribution in [3.05, 3.63) is 34.9 Å². The molecule has 0 radical (unpaired) electrons. The minimum absolute atomic E-state index is 0.280. The van der Waals surface area contributed by atoms with E-state index >= 15 is 0 Å². The van der Waals surface area contributed by atoms with Gasteiger partial charge in [0.15, 0.2) is 0 Å². The molecular formula is C13H20ClN3. The fraction of sp³-hybridized carbons (Fsp3) is 0.462. The number of hydrogen-bond donors (Lipinski definition) is 2. The van der Waals surface area contributed by atoms with Crippen LogP contribution in [0.15, 0.2) is 24.3 Å². The molecule has 0 unspecified atom stereocenters. The number of amidine groups is 1. The van der Waals surface area contributed by atoms with Crippen molar-refractivity contribution in [1.82, 2.24) is 4.90 Å². The number of hydrogen-bond acceptors (Lipinski definition) is 2. The van der Waals surface area contributed by atoms with E-state index in [0.29, 0.717) is 6.42 Å².